The lowest BCUT2D eigenvalue weighted by molar-refractivity contribution is -0.253. The van der Waals surface area contributed by atoms with Crippen molar-refractivity contribution in [2.45, 2.75) is 38.4 Å². The first-order valence-corrected chi connectivity index (χ1v) is 12.6. The average molecular weight is 514 g/mol. The van der Waals surface area contributed by atoms with E-state index in [4.69, 9.17) is 18.9 Å². The molecule has 2 aliphatic heterocycles. The van der Waals surface area contributed by atoms with Crippen LogP contribution in [0.25, 0.3) is 0 Å². The zero-order valence-electron chi connectivity index (χ0n) is 21.1. The third-order valence-corrected chi connectivity index (χ3v) is 6.32. The Labute approximate surface area is 216 Å². The van der Waals surface area contributed by atoms with Crippen molar-refractivity contribution < 1.29 is 33.6 Å². The highest BCUT2D eigenvalue weighted by Gasteiger charge is 2.33. The van der Waals surface area contributed by atoms with E-state index in [1.807, 2.05) is 36.4 Å². The number of carbonyl (C=O) groups excluding carboxylic acids is 2. The second-order valence-corrected chi connectivity index (χ2v) is 9.00. The molecule has 2 heterocycles. The van der Waals surface area contributed by atoms with E-state index in [0.29, 0.717) is 12.1 Å². The van der Waals surface area contributed by atoms with Crippen molar-refractivity contribution in [3.63, 3.8) is 0 Å². The summed E-state index contributed by atoms with van der Waals surface area (Å²) in [5.41, 5.74) is 3.30. The molecular weight excluding hydrogens is 478 g/mol. The van der Waals surface area contributed by atoms with Crippen molar-refractivity contribution in [3.8, 4) is 0 Å². The van der Waals surface area contributed by atoms with Crippen LogP contribution in [-0.2, 0) is 30.3 Å². The Morgan fingerprint density at radius 2 is 1.73 bits per heavy atom. The first-order chi connectivity index (χ1) is 18.0. The number of nitrogens with one attached hydrogen (secondary N) is 2. The molecule has 3 unspecified atom stereocenters. The van der Waals surface area contributed by atoms with E-state index < -0.39 is 18.3 Å². The fourth-order valence-electron chi connectivity index (χ4n) is 4.37. The normalized spacial score (nSPS) is 22.3. The second kappa shape index (κ2) is 13.5. The van der Waals surface area contributed by atoms with Gasteiger partial charge in [-0.2, -0.15) is 0 Å². The summed E-state index contributed by atoms with van der Waals surface area (Å²) >= 11 is 0. The van der Waals surface area contributed by atoms with E-state index in [1.165, 1.54) is 0 Å². The van der Waals surface area contributed by atoms with Crippen LogP contribution in [0.1, 0.15) is 42.4 Å². The Hall–Kier alpha value is -3.02. The van der Waals surface area contributed by atoms with Gasteiger partial charge in [-0.25, -0.2) is 4.79 Å². The summed E-state index contributed by atoms with van der Waals surface area (Å²) in [6, 6.07) is 14.6. The van der Waals surface area contributed by atoms with Crippen LogP contribution in [0, 0.1) is 0 Å². The monoisotopic (exact) mass is 513 g/mol. The van der Waals surface area contributed by atoms with E-state index in [0.717, 1.165) is 49.5 Å². The molecule has 0 bridgehead atoms. The SMILES string of the molecule is CCOC(=O)CNC(=O)Nc1ccc(C2OC(CN3CCOCC3)CC(c3ccc(CO)cc3)O2)cc1. The molecule has 0 saturated carbocycles. The summed E-state index contributed by atoms with van der Waals surface area (Å²) in [6.45, 7) is 5.75. The summed E-state index contributed by atoms with van der Waals surface area (Å²) in [6.07, 6.45) is -0.0594. The van der Waals surface area contributed by atoms with Gasteiger partial charge in [0.1, 0.15) is 6.54 Å². The fourth-order valence-corrected chi connectivity index (χ4v) is 4.37. The quantitative estimate of drug-likeness (QED) is 0.438. The van der Waals surface area contributed by atoms with Crippen molar-refractivity contribution >= 4 is 17.7 Å². The molecule has 10 nitrogen and oxygen atoms in total. The Balaban J connectivity index is 1.42. The second-order valence-electron chi connectivity index (χ2n) is 9.00. The van der Waals surface area contributed by atoms with E-state index in [9.17, 15) is 14.7 Å². The summed E-state index contributed by atoms with van der Waals surface area (Å²) in [5, 5.41) is 14.6. The number of benzene rings is 2. The Kier molecular flexibility index (Phi) is 9.86. The van der Waals surface area contributed by atoms with Gasteiger partial charge in [-0.05, 0) is 30.2 Å². The first-order valence-electron chi connectivity index (χ1n) is 12.6. The molecule has 200 valence electrons. The zero-order valence-corrected chi connectivity index (χ0v) is 21.1. The lowest BCUT2D eigenvalue weighted by Crippen LogP contribution is -2.44. The number of urea groups is 1. The van der Waals surface area contributed by atoms with Crippen LogP contribution in [0.5, 0.6) is 0 Å². The zero-order chi connectivity index (χ0) is 26.0. The van der Waals surface area contributed by atoms with Gasteiger partial charge in [0.2, 0.25) is 0 Å². The molecule has 0 aromatic heterocycles. The molecule has 2 saturated heterocycles. The number of aliphatic hydroxyl groups is 1. The van der Waals surface area contributed by atoms with E-state index in [2.05, 4.69) is 15.5 Å². The summed E-state index contributed by atoms with van der Waals surface area (Å²) in [4.78, 5) is 25.8. The fraction of sp³-hybridized carbons (Fsp3) is 0.481. The molecule has 37 heavy (non-hydrogen) atoms. The van der Waals surface area contributed by atoms with Gasteiger partial charge in [-0.3, -0.25) is 9.69 Å². The van der Waals surface area contributed by atoms with Crippen LogP contribution < -0.4 is 10.6 Å². The lowest BCUT2D eigenvalue weighted by atomic mass is 9.99. The third kappa shape index (κ3) is 7.98. The highest BCUT2D eigenvalue weighted by atomic mass is 16.7. The standard InChI is InChI=1S/C27H35N3O7/c1-2-35-25(32)16-28-27(33)29-22-9-7-21(8-10-22)26-36-23(17-30-11-13-34-14-12-30)15-24(37-26)20-5-3-19(18-31)4-6-20/h3-10,23-24,26,31H,2,11-18H2,1H3,(H2,28,29,33). The number of morpholine rings is 1. The molecule has 10 heteroatoms. The summed E-state index contributed by atoms with van der Waals surface area (Å²) < 4.78 is 23.1. The molecule has 0 spiro atoms. The maximum atomic E-state index is 12.1. The molecule has 2 aromatic rings. The molecule has 3 N–H and O–H groups in total. The number of ether oxygens (including phenoxy) is 4. The van der Waals surface area contributed by atoms with E-state index in [1.54, 1.807) is 19.1 Å². The number of hydrogen-bond acceptors (Lipinski definition) is 8. The predicted molar refractivity (Wildman–Crippen MR) is 136 cm³/mol. The average Bonchev–Trinajstić information content (AvgIpc) is 2.93. The summed E-state index contributed by atoms with van der Waals surface area (Å²) in [7, 11) is 0. The van der Waals surface area contributed by atoms with Crippen molar-refractivity contribution in [2.24, 2.45) is 0 Å². The van der Waals surface area contributed by atoms with Crippen LogP contribution >= 0.6 is 0 Å². The lowest BCUT2D eigenvalue weighted by Gasteiger charge is -2.39. The van der Waals surface area contributed by atoms with Gasteiger partial charge in [-0.1, -0.05) is 36.4 Å². The van der Waals surface area contributed by atoms with Gasteiger partial charge in [0.25, 0.3) is 0 Å². The highest BCUT2D eigenvalue weighted by molar-refractivity contribution is 5.91. The Morgan fingerprint density at radius 1 is 1.03 bits per heavy atom. The number of esters is 1. The maximum absolute atomic E-state index is 12.1. The number of nitrogens with zero attached hydrogens (tertiary/aromatic N) is 1. The van der Waals surface area contributed by atoms with Crippen LogP contribution in [0.4, 0.5) is 10.5 Å². The minimum atomic E-state index is -0.575. The molecule has 2 aliphatic rings. The molecule has 2 aromatic carbocycles. The van der Waals surface area contributed by atoms with Crippen LogP contribution in [0.3, 0.4) is 0 Å². The highest BCUT2D eigenvalue weighted by Crippen LogP contribution is 2.38. The third-order valence-electron chi connectivity index (χ3n) is 6.32. The summed E-state index contributed by atoms with van der Waals surface area (Å²) in [5.74, 6) is -0.494. The Morgan fingerprint density at radius 3 is 2.41 bits per heavy atom. The predicted octanol–water partition coefficient (Wildman–Crippen LogP) is 2.74. The maximum Gasteiger partial charge on any atom is 0.325 e. The smallest absolute Gasteiger partial charge is 0.325 e. The number of amides is 2. The van der Waals surface area contributed by atoms with Crippen LogP contribution in [0.2, 0.25) is 0 Å². The van der Waals surface area contributed by atoms with Crippen molar-refractivity contribution in [1.29, 1.82) is 0 Å². The number of rotatable bonds is 9. The number of hydrogen-bond donors (Lipinski definition) is 3. The first kappa shape index (κ1) is 27.0. The van der Waals surface area contributed by atoms with Gasteiger partial charge in [0, 0.05) is 37.3 Å². The molecule has 3 atom stereocenters. The van der Waals surface area contributed by atoms with Gasteiger partial charge in [0.05, 0.1) is 38.6 Å². The molecule has 2 fully saturated rings. The van der Waals surface area contributed by atoms with Crippen molar-refractivity contribution in [3.05, 3.63) is 65.2 Å². The Bertz CT molecular complexity index is 1010. The van der Waals surface area contributed by atoms with Gasteiger partial charge < -0.3 is 34.7 Å². The largest absolute Gasteiger partial charge is 0.465 e. The number of aliphatic hydroxyl groups excluding tert-OH is 1. The minimum Gasteiger partial charge on any atom is -0.465 e. The number of anilines is 1. The molecule has 0 radical (unpaired) electrons. The van der Waals surface area contributed by atoms with E-state index >= 15 is 0 Å². The molecular formula is C27H35N3O7. The minimum absolute atomic E-state index is 0.00156. The molecule has 4 rings (SSSR count). The number of carbonyl (C=O) groups is 2. The molecule has 0 aliphatic carbocycles. The molecule has 2 amide bonds. The van der Waals surface area contributed by atoms with Crippen LogP contribution in [0.15, 0.2) is 48.5 Å². The van der Waals surface area contributed by atoms with Crippen LogP contribution in [-0.4, -0.2) is 74.1 Å². The van der Waals surface area contributed by atoms with Crippen molar-refractivity contribution in [2.75, 3.05) is 51.3 Å². The van der Waals surface area contributed by atoms with Gasteiger partial charge in [-0.15, -0.1) is 0 Å². The van der Waals surface area contributed by atoms with Gasteiger partial charge >= 0.3 is 12.0 Å². The van der Waals surface area contributed by atoms with Crippen molar-refractivity contribution in [1.82, 2.24) is 10.2 Å². The topological polar surface area (TPSA) is 119 Å². The van der Waals surface area contributed by atoms with E-state index in [-0.39, 0.29) is 32.0 Å². The van der Waals surface area contributed by atoms with Gasteiger partial charge in [0.15, 0.2) is 6.29 Å².